The molecule has 1 aliphatic heterocycles. The van der Waals surface area contributed by atoms with Crippen molar-refractivity contribution in [3.05, 3.63) is 35.9 Å². The predicted molar refractivity (Wildman–Crippen MR) is 84.0 cm³/mol. The maximum atomic E-state index is 11.9. The van der Waals surface area contributed by atoms with E-state index in [0.29, 0.717) is 13.0 Å². The molecular weight excluding hydrogens is 278 g/mol. The molecule has 22 heavy (non-hydrogen) atoms. The number of alkyl carbamates (subject to hydrolysis) is 1. The van der Waals surface area contributed by atoms with E-state index in [1.54, 1.807) is 0 Å². The maximum absolute atomic E-state index is 11.9. The summed E-state index contributed by atoms with van der Waals surface area (Å²) in [6.45, 7) is 7.49. The number of rotatable bonds is 3. The quantitative estimate of drug-likeness (QED) is 0.932. The molecule has 0 aliphatic carbocycles. The molecule has 1 aromatic rings. The average Bonchev–Trinajstić information content (AvgIpc) is 2.81. The van der Waals surface area contributed by atoms with Crippen LogP contribution in [-0.4, -0.2) is 35.2 Å². The molecule has 0 saturated carbocycles. The third-order valence-electron chi connectivity index (χ3n) is 3.55. The Balaban J connectivity index is 1.95. The average molecular weight is 301 g/mol. The highest BCUT2D eigenvalue weighted by molar-refractivity contribution is 5.69. The first-order valence-electron chi connectivity index (χ1n) is 7.51. The lowest BCUT2D eigenvalue weighted by molar-refractivity contribution is 0.0482. The second kappa shape index (κ2) is 6.37. The van der Waals surface area contributed by atoms with Gasteiger partial charge in [0.15, 0.2) is 0 Å². The van der Waals surface area contributed by atoms with Crippen LogP contribution in [0.1, 0.15) is 32.8 Å². The summed E-state index contributed by atoms with van der Waals surface area (Å²) in [5.41, 5.74) is -0.228. The highest BCUT2D eigenvalue weighted by Gasteiger charge is 2.40. The van der Waals surface area contributed by atoms with Gasteiger partial charge in [-0.05, 0) is 32.8 Å². The molecule has 118 valence electrons. The van der Waals surface area contributed by atoms with Crippen LogP contribution in [0.2, 0.25) is 0 Å². The van der Waals surface area contributed by atoms with Crippen LogP contribution in [0, 0.1) is 11.3 Å². The second-order valence-corrected chi connectivity index (χ2v) is 6.77. The fourth-order valence-corrected chi connectivity index (χ4v) is 2.59. The normalized spacial score (nSPS) is 22.1. The van der Waals surface area contributed by atoms with E-state index < -0.39 is 17.2 Å². The van der Waals surface area contributed by atoms with Crippen LogP contribution < -0.4 is 5.32 Å². The van der Waals surface area contributed by atoms with Gasteiger partial charge < -0.3 is 10.1 Å². The number of nitrogens with one attached hydrogen (secondary N) is 1. The van der Waals surface area contributed by atoms with Crippen molar-refractivity contribution in [2.45, 2.75) is 44.9 Å². The molecule has 0 bridgehead atoms. The fraction of sp³-hybridized carbons (Fsp3) is 0.529. The van der Waals surface area contributed by atoms with Gasteiger partial charge in [-0.2, -0.15) is 5.26 Å². The molecule has 1 unspecified atom stereocenters. The van der Waals surface area contributed by atoms with Crippen LogP contribution >= 0.6 is 0 Å². The van der Waals surface area contributed by atoms with Crippen molar-refractivity contribution < 1.29 is 9.53 Å². The molecule has 0 radical (unpaired) electrons. The van der Waals surface area contributed by atoms with E-state index in [4.69, 9.17) is 4.74 Å². The van der Waals surface area contributed by atoms with E-state index in [1.807, 2.05) is 39.0 Å². The monoisotopic (exact) mass is 301 g/mol. The molecule has 1 fully saturated rings. The Morgan fingerprint density at radius 3 is 2.68 bits per heavy atom. The van der Waals surface area contributed by atoms with Gasteiger partial charge in [0.2, 0.25) is 0 Å². The summed E-state index contributed by atoms with van der Waals surface area (Å²) in [4.78, 5) is 14.1. The fourth-order valence-electron chi connectivity index (χ4n) is 2.59. The first-order valence-corrected chi connectivity index (χ1v) is 7.51. The number of hydrogen-bond acceptors (Lipinski definition) is 4. The molecular formula is C17H23N3O2. The molecule has 1 aliphatic rings. The number of amides is 1. The second-order valence-electron chi connectivity index (χ2n) is 6.77. The van der Waals surface area contributed by atoms with Gasteiger partial charge in [0, 0.05) is 19.6 Å². The molecule has 0 aromatic heterocycles. The van der Waals surface area contributed by atoms with Crippen LogP contribution in [0.4, 0.5) is 4.79 Å². The highest BCUT2D eigenvalue weighted by Crippen LogP contribution is 2.23. The van der Waals surface area contributed by atoms with Crippen molar-refractivity contribution in [1.82, 2.24) is 10.2 Å². The van der Waals surface area contributed by atoms with Gasteiger partial charge in [0.05, 0.1) is 6.07 Å². The summed E-state index contributed by atoms with van der Waals surface area (Å²) in [7, 11) is 0. The number of benzene rings is 1. The van der Waals surface area contributed by atoms with Gasteiger partial charge in [-0.25, -0.2) is 4.79 Å². The standard InChI is InChI=1S/C17H23N3O2/c1-16(2,3)22-15(21)19-17(12-18)9-10-20(13-17)11-14-7-5-4-6-8-14/h4-8H,9-11,13H2,1-3H3,(H,19,21). The van der Waals surface area contributed by atoms with E-state index in [9.17, 15) is 10.1 Å². The van der Waals surface area contributed by atoms with Crippen molar-refractivity contribution in [1.29, 1.82) is 5.26 Å². The maximum Gasteiger partial charge on any atom is 0.408 e. The molecule has 2 rings (SSSR count). The van der Waals surface area contributed by atoms with E-state index >= 15 is 0 Å². The van der Waals surface area contributed by atoms with Crippen LogP contribution in [0.5, 0.6) is 0 Å². The topological polar surface area (TPSA) is 65.4 Å². The molecule has 5 nitrogen and oxygen atoms in total. The summed E-state index contributed by atoms with van der Waals surface area (Å²) >= 11 is 0. The molecule has 1 aromatic carbocycles. The zero-order valence-electron chi connectivity index (χ0n) is 13.4. The largest absolute Gasteiger partial charge is 0.444 e. The van der Waals surface area contributed by atoms with Gasteiger partial charge in [0.1, 0.15) is 11.1 Å². The summed E-state index contributed by atoms with van der Waals surface area (Å²) in [5, 5.41) is 12.3. The van der Waals surface area contributed by atoms with Crippen LogP contribution in [0.3, 0.4) is 0 Å². The number of carbonyl (C=O) groups excluding carboxylic acids is 1. The lowest BCUT2D eigenvalue weighted by Crippen LogP contribution is -2.50. The number of carbonyl (C=O) groups is 1. The Morgan fingerprint density at radius 1 is 1.41 bits per heavy atom. The third kappa shape index (κ3) is 4.47. The van der Waals surface area contributed by atoms with Crippen LogP contribution in [0.15, 0.2) is 30.3 Å². The molecule has 1 N–H and O–H groups in total. The Hall–Kier alpha value is -2.06. The minimum atomic E-state index is -0.864. The van der Waals surface area contributed by atoms with Crippen LogP contribution in [-0.2, 0) is 11.3 Å². The summed E-state index contributed by atoms with van der Waals surface area (Å²) in [6.07, 6.45) is 0.0749. The number of hydrogen-bond donors (Lipinski definition) is 1. The van der Waals surface area contributed by atoms with Crippen LogP contribution in [0.25, 0.3) is 0 Å². The number of nitriles is 1. The molecule has 1 atom stereocenters. The van der Waals surface area contributed by atoms with Gasteiger partial charge in [-0.3, -0.25) is 4.90 Å². The zero-order valence-corrected chi connectivity index (χ0v) is 13.4. The summed E-state index contributed by atoms with van der Waals surface area (Å²) in [6, 6.07) is 12.4. The molecule has 0 spiro atoms. The molecule has 1 heterocycles. The molecule has 1 saturated heterocycles. The Kier molecular flexibility index (Phi) is 4.72. The minimum absolute atomic E-state index is 0.512. The van der Waals surface area contributed by atoms with E-state index in [0.717, 1.165) is 13.1 Å². The molecule has 1 amide bonds. The van der Waals surface area contributed by atoms with Crippen molar-refractivity contribution in [2.75, 3.05) is 13.1 Å². The van der Waals surface area contributed by atoms with Gasteiger partial charge >= 0.3 is 6.09 Å². The van der Waals surface area contributed by atoms with E-state index in [1.165, 1.54) is 5.56 Å². The number of likely N-dealkylation sites (tertiary alicyclic amines) is 1. The highest BCUT2D eigenvalue weighted by atomic mass is 16.6. The predicted octanol–water partition coefficient (Wildman–Crippen LogP) is 2.68. The molecule has 5 heteroatoms. The van der Waals surface area contributed by atoms with Crippen molar-refractivity contribution in [3.63, 3.8) is 0 Å². The smallest absolute Gasteiger partial charge is 0.408 e. The van der Waals surface area contributed by atoms with E-state index in [2.05, 4.69) is 28.4 Å². The Bertz CT molecular complexity index is 560. The minimum Gasteiger partial charge on any atom is -0.444 e. The number of ether oxygens (including phenoxy) is 1. The van der Waals surface area contributed by atoms with Crippen molar-refractivity contribution >= 4 is 6.09 Å². The van der Waals surface area contributed by atoms with Gasteiger partial charge in [-0.1, -0.05) is 30.3 Å². The lowest BCUT2D eigenvalue weighted by atomic mass is 10.0. The van der Waals surface area contributed by atoms with Gasteiger partial charge in [0.25, 0.3) is 0 Å². The Morgan fingerprint density at radius 2 is 2.09 bits per heavy atom. The zero-order chi connectivity index (χ0) is 16.2. The summed E-state index contributed by atoms with van der Waals surface area (Å²) < 4.78 is 5.26. The first kappa shape index (κ1) is 16.3. The van der Waals surface area contributed by atoms with E-state index in [-0.39, 0.29) is 0 Å². The van der Waals surface area contributed by atoms with Crippen molar-refractivity contribution in [3.8, 4) is 6.07 Å². The Labute approximate surface area is 131 Å². The lowest BCUT2D eigenvalue weighted by Gasteiger charge is -2.26. The first-order chi connectivity index (χ1) is 10.3. The summed E-state index contributed by atoms with van der Waals surface area (Å²) in [5.74, 6) is 0. The van der Waals surface area contributed by atoms with Gasteiger partial charge in [-0.15, -0.1) is 0 Å². The number of nitrogens with zero attached hydrogens (tertiary/aromatic N) is 2. The van der Waals surface area contributed by atoms with Crippen molar-refractivity contribution in [2.24, 2.45) is 0 Å². The SMILES string of the molecule is CC(C)(C)OC(=O)NC1(C#N)CCN(Cc2ccccc2)C1. The third-order valence-corrected chi connectivity index (χ3v) is 3.55.